The predicted molar refractivity (Wildman–Crippen MR) is 19.2 cm³/mol. The Labute approximate surface area is 48.6 Å². The summed E-state index contributed by atoms with van der Waals surface area (Å²) < 4.78 is 0. The van der Waals surface area contributed by atoms with Crippen LogP contribution in [0.3, 0.4) is 0 Å². The Morgan fingerprint density at radius 2 is 0.800 bits per heavy atom. The first kappa shape index (κ1) is 19.3. The van der Waals surface area contributed by atoms with Crippen LogP contribution in [0, 0.1) is 9.81 Å². The molecular weight excluding hydrogens is 267 g/mol. The molecule has 5 heavy (non-hydrogen) atoms. The van der Waals surface area contributed by atoms with Gasteiger partial charge < -0.3 is 21.0 Å². The summed E-state index contributed by atoms with van der Waals surface area (Å²) in [6.07, 6.45) is 0. The van der Waals surface area contributed by atoms with E-state index < -0.39 is 0 Å². The molecule has 0 heterocycles. The number of hydrogen-bond acceptors (Lipinski definition) is 2. The Kier molecular flexibility index (Phi) is 10400. The van der Waals surface area contributed by atoms with Crippen LogP contribution < -0.4 is 0 Å². The molecule has 0 aromatic rings. The van der Waals surface area contributed by atoms with Gasteiger partial charge in [-0.05, 0) is 0 Å². The van der Waals surface area contributed by atoms with E-state index in [1.807, 2.05) is 0 Å². The Morgan fingerprint density at radius 3 is 0.800 bits per heavy atom. The van der Waals surface area contributed by atoms with E-state index in [4.69, 9.17) is 21.0 Å². The molecule has 0 aliphatic rings. The van der Waals surface area contributed by atoms with Crippen LogP contribution in [0.15, 0.2) is 0 Å². The maximum atomic E-state index is 7.25. The van der Waals surface area contributed by atoms with Crippen LogP contribution in [0.25, 0.3) is 11.2 Å². The summed E-state index contributed by atoms with van der Waals surface area (Å²) >= 11 is 0. The van der Waals surface area contributed by atoms with Gasteiger partial charge in [0.2, 0.25) is 0 Å². The zero-order valence-corrected chi connectivity index (χ0v) is 6.10. The van der Waals surface area contributed by atoms with E-state index in [0.29, 0.717) is 0 Å². The molecule has 0 N–H and O–H groups in total. The van der Waals surface area contributed by atoms with E-state index >= 15 is 0 Å². The minimum Gasteiger partial charge on any atom is -0.577 e. The number of hydrogen-bond donors (Lipinski definition) is 0. The molecule has 0 bridgehead atoms. The molecule has 0 aliphatic heterocycles. The van der Waals surface area contributed by atoms with Crippen molar-refractivity contribution in [3.63, 3.8) is 0 Å². The summed E-state index contributed by atoms with van der Waals surface area (Å²) in [6, 6.07) is 0. The van der Waals surface area contributed by atoms with Crippen LogP contribution >= 0.6 is 0 Å². The molecule has 26 valence electrons. The molecule has 0 saturated heterocycles. The van der Waals surface area contributed by atoms with Crippen molar-refractivity contribution >= 4 is 27.3 Å². The normalized spacial score (nSPS) is 1.60. The molecule has 0 unspecified atom stereocenters. The van der Waals surface area contributed by atoms with Crippen LogP contribution in [-0.2, 0) is 0 Å². The second-order valence-corrected chi connectivity index (χ2v) is 0. The van der Waals surface area contributed by atoms with Gasteiger partial charge in [-0.2, -0.15) is 0 Å². The van der Waals surface area contributed by atoms with Crippen molar-refractivity contribution in [2.24, 2.45) is 0 Å². The Bertz CT molecular complexity index is 9.61. The van der Waals surface area contributed by atoms with Crippen molar-refractivity contribution in [3.8, 4) is 0 Å². The SMILES string of the molecule is [N-]=O.[N-]=O.[Pb+2]. The third kappa shape index (κ3) is 1250. The quantitative estimate of drug-likeness (QED) is 0.590. The largest absolute Gasteiger partial charge is 2.00 e. The van der Waals surface area contributed by atoms with E-state index in [2.05, 4.69) is 0 Å². The van der Waals surface area contributed by atoms with Gasteiger partial charge in [-0.3, -0.25) is 0 Å². The van der Waals surface area contributed by atoms with Gasteiger partial charge in [0.05, 0.1) is 0 Å². The monoisotopic (exact) mass is 268 g/mol. The zero-order valence-electron chi connectivity index (χ0n) is 2.21. The van der Waals surface area contributed by atoms with E-state index in [1.54, 1.807) is 0 Å². The molecule has 0 amide bonds. The van der Waals surface area contributed by atoms with Gasteiger partial charge in [0.15, 0.2) is 0 Å². The fourth-order valence-corrected chi connectivity index (χ4v) is 0. The van der Waals surface area contributed by atoms with Gasteiger partial charge in [-0.1, -0.05) is 0 Å². The van der Waals surface area contributed by atoms with Crippen molar-refractivity contribution in [1.82, 2.24) is 0 Å². The average molecular weight is 267 g/mol. The molecule has 0 atom stereocenters. The van der Waals surface area contributed by atoms with Gasteiger partial charge in [0.1, 0.15) is 0 Å². The van der Waals surface area contributed by atoms with Gasteiger partial charge in [-0.25, -0.2) is 0 Å². The summed E-state index contributed by atoms with van der Waals surface area (Å²) in [5.41, 5.74) is 11.5. The fraction of sp³-hybridized carbons (Fsp3) is 0. The van der Waals surface area contributed by atoms with Gasteiger partial charge in [0.25, 0.3) is 0 Å². The van der Waals surface area contributed by atoms with Crippen LogP contribution in [0.2, 0.25) is 0 Å². The fourth-order valence-electron chi connectivity index (χ4n) is 0. The Hall–Kier alpha value is 0.122. The Morgan fingerprint density at radius 1 is 0.800 bits per heavy atom. The maximum absolute atomic E-state index is 7.25. The summed E-state index contributed by atoms with van der Waals surface area (Å²) in [5, 5.41) is 0. The van der Waals surface area contributed by atoms with Crippen molar-refractivity contribution in [3.05, 3.63) is 21.0 Å². The predicted octanol–water partition coefficient (Wildman–Crippen LogP) is 0.264. The first-order valence-electron chi connectivity index (χ1n) is 0.365. The van der Waals surface area contributed by atoms with Crippen LogP contribution in [0.1, 0.15) is 0 Å². The maximum Gasteiger partial charge on any atom is 2.00 e. The van der Waals surface area contributed by atoms with Crippen molar-refractivity contribution in [2.45, 2.75) is 0 Å². The molecule has 5 heteroatoms. The minimum atomic E-state index is 0. The summed E-state index contributed by atoms with van der Waals surface area (Å²) in [4.78, 5) is 14.5. The van der Waals surface area contributed by atoms with Crippen molar-refractivity contribution in [2.75, 3.05) is 0 Å². The van der Waals surface area contributed by atoms with Crippen LogP contribution in [0.4, 0.5) is 0 Å². The second-order valence-electron chi connectivity index (χ2n) is 0. The second kappa shape index (κ2) is 2700. The number of rotatable bonds is 0. The first-order valence-corrected chi connectivity index (χ1v) is 0.365. The van der Waals surface area contributed by atoms with Crippen LogP contribution in [-0.4, -0.2) is 27.3 Å². The van der Waals surface area contributed by atoms with Crippen LogP contribution in [0.5, 0.6) is 0 Å². The van der Waals surface area contributed by atoms with E-state index in [0.717, 1.165) is 0 Å². The molecule has 4 nitrogen and oxygen atoms in total. The summed E-state index contributed by atoms with van der Waals surface area (Å²) in [7, 11) is 0. The smallest absolute Gasteiger partial charge is 0.577 e. The molecule has 0 saturated carbocycles. The van der Waals surface area contributed by atoms with Crippen molar-refractivity contribution in [1.29, 1.82) is 0 Å². The van der Waals surface area contributed by atoms with E-state index in [1.165, 1.54) is 0 Å². The molecule has 2 radical (unpaired) electrons. The van der Waals surface area contributed by atoms with E-state index in [9.17, 15) is 0 Å². The summed E-state index contributed by atoms with van der Waals surface area (Å²) in [6.45, 7) is 0. The molecule has 0 aromatic carbocycles. The minimum absolute atomic E-state index is 0. The van der Waals surface area contributed by atoms with Gasteiger partial charge in [0, 0.05) is 0 Å². The zero-order chi connectivity index (χ0) is 4.00. The summed E-state index contributed by atoms with van der Waals surface area (Å²) in [5.74, 6) is 0. The Balaban J connectivity index is -0.0000000133. The first-order chi connectivity index (χ1) is 2.00. The molecule has 0 aromatic heterocycles. The molecule has 0 aliphatic carbocycles. The third-order valence-electron chi connectivity index (χ3n) is 0. The topological polar surface area (TPSA) is 78.7 Å². The average Bonchev–Trinajstić information content (AvgIpc) is 1.50. The standard InChI is InChI=1S/2NO.Pb/c2*1-2;/q2*-1;+2. The van der Waals surface area contributed by atoms with Crippen molar-refractivity contribution < 1.29 is 0 Å². The van der Waals surface area contributed by atoms with E-state index in [-0.39, 0.29) is 27.3 Å². The molecular formula is N2O2Pb. The molecule has 0 fully saturated rings. The molecule has 0 spiro atoms. The number of nitroso groups, excluding NO2 is 2. The molecule has 0 rings (SSSR count). The third-order valence-corrected chi connectivity index (χ3v) is 0. The number of nitrogens with zero attached hydrogens (tertiary/aromatic N) is 2. The van der Waals surface area contributed by atoms with Gasteiger partial charge >= 0.3 is 27.3 Å². The van der Waals surface area contributed by atoms with Gasteiger partial charge in [-0.15, -0.1) is 0 Å².